The van der Waals surface area contributed by atoms with E-state index in [0.717, 1.165) is 24.2 Å². The molecule has 0 saturated heterocycles. The number of hydrogen-bond donors (Lipinski definition) is 1. The van der Waals surface area contributed by atoms with Crippen LogP contribution in [0.25, 0.3) is 0 Å². The Morgan fingerprint density at radius 2 is 1.79 bits per heavy atom. The molecule has 1 aliphatic rings. The van der Waals surface area contributed by atoms with Gasteiger partial charge in [0.25, 0.3) is 0 Å². The molecule has 0 aromatic heterocycles. The fourth-order valence-corrected chi connectivity index (χ4v) is 2.55. The monoisotopic (exact) mass is 283 g/mol. The molecule has 1 unspecified atom stereocenters. The highest BCUT2D eigenvalue weighted by Gasteiger charge is 2.22. The molecule has 1 aliphatic heterocycles. The van der Waals surface area contributed by atoms with E-state index in [-0.39, 0.29) is 11.5 Å². The van der Waals surface area contributed by atoms with E-state index in [1.54, 1.807) is 0 Å². The maximum absolute atomic E-state index is 6.32. The SMILES string of the molecule is CC(C)(C)CC(N)c1cc2c(cc1Cl)OCCCO2. The summed E-state index contributed by atoms with van der Waals surface area (Å²) < 4.78 is 11.3. The average Bonchev–Trinajstić information content (AvgIpc) is 2.50. The Kier molecular flexibility index (Phi) is 4.26. The molecule has 0 fully saturated rings. The summed E-state index contributed by atoms with van der Waals surface area (Å²) in [6.07, 6.45) is 1.75. The second-order valence-electron chi connectivity index (χ2n) is 6.24. The van der Waals surface area contributed by atoms with Gasteiger partial charge in [-0.15, -0.1) is 0 Å². The summed E-state index contributed by atoms with van der Waals surface area (Å²) in [5, 5.41) is 0.654. The number of ether oxygens (including phenoxy) is 2. The summed E-state index contributed by atoms with van der Waals surface area (Å²) in [5.41, 5.74) is 7.36. The average molecular weight is 284 g/mol. The fraction of sp³-hybridized carbons (Fsp3) is 0.600. The first-order valence-electron chi connectivity index (χ1n) is 6.71. The molecule has 1 aromatic rings. The van der Waals surface area contributed by atoms with Crippen molar-refractivity contribution in [1.29, 1.82) is 0 Å². The van der Waals surface area contributed by atoms with Crippen LogP contribution in [0, 0.1) is 5.41 Å². The van der Waals surface area contributed by atoms with E-state index in [1.807, 2.05) is 12.1 Å². The highest BCUT2D eigenvalue weighted by Crippen LogP contribution is 2.39. The van der Waals surface area contributed by atoms with Crippen LogP contribution in [0.2, 0.25) is 5.02 Å². The largest absolute Gasteiger partial charge is 0.490 e. The summed E-state index contributed by atoms with van der Waals surface area (Å²) in [5.74, 6) is 1.47. The molecule has 0 amide bonds. The Hall–Kier alpha value is -0.930. The molecule has 0 radical (unpaired) electrons. The van der Waals surface area contributed by atoms with Crippen LogP contribution in [0.15, 0.2) is 12.1 Å². The van der Waals surface area contributed by atoms with Crippen LogP contribution in [0.3, 0.4) is 0 Å². The van der Waals surface area contributed by atoms with Crippen molar-refractivity contribution in [2.24, 2.45) is 11.1 Å². The molecule has 1 atom stereocenters. The van der Waals surface area contributed by atoms with Crippen molar-refractivity contribution < 1.29 is 9.47 Å². The number of halogens is 1. The van der Waals surface area contributed by atoms with Crippen LogP contribution in [0.4, 0.5) is 0 Å². The zero-order valence-electron chi connectivity index (χ0n) is 11.8. The van der Waals surface area contributed by atoms with Crippen molar-refractivity contribution in [3.8, 4) is 11.5 Å². The normalized spacial score (nSPS) is 16.9. The fourth-order valence-electron chi connectivity index (χ4n) is 2.25. The van der Waals surface area contributed by atoms with E-state index in [9.17, 15) is 0 Å². The van der Waals surface area contributed by atoms with Crippen molar-refractivity contribution in [1.82, 2.24) is 0 Å². The summed E-state index contributed by atoms with van der Waals surface area (Å²) in [7, 11) is 0. The zero-order chi connectivity index (χ0) is 14.0. The van der Waals surface area contributed by atoms with Crippen LogP contribution in [0.5, 0.6) is 11.5 Å². The minimum atomic E-state index is -0.0929. The lowest BCUT2D eigenvalue weighted by atomic mass is 9.86. The van der Waals surface area contributed by atoms with Gasteiger partial charge in [-0.25, -0.2) is 0 Å². The molecule has 3 nitrogen and oxygen atoms in total. The van der Waals surface area contributed by atoms with Crippen LogP contribution < -0.4 is 15.2 Å². The lowest BCUT2D eigenvalue weighted by Crippen LogP contribution is -2.19. The second kappa shape index (κ2) is 5.59. The van der Waals surface area contributed by atoms with Gasteiger partial charge in [0.1, 0.15) is 0 Å². The first kappa shape index (κ1) is 14.5. The van der Waals surface area contributed by atoms with E-state index in [1.165, 1.54) is 0 Å². The summed E-state index contributed by atoms with van der Waals surface area (Å²) in [6.45, 7) is 7.84. The molecule has 1 aromatic carbocycles. The third kappa shape index (κ3) is 3.77. The maximum Gasteiger partial charge on any atom is 0.162 e. The van der Waals surface area contributed by atoms with Crippen molar-refractivity contribution in [3.05, 3.63) is 22.7 Å². The topological polar surface area (TPSA) is 44.5 Å². The molecule has 1 heterocycles. The summed E-state index contributed by atoms with van der Waals surface area (Å²) in [6, 6.07) is 3.66. The van der Waals surface area contributed by atoms with Gasteiger partial charge in [-0.3, -0.25) is 0 Å². The number of hydrogen-bond acceptors (Lipinski definition) is 3. The Labute approximate surface area is 120 Å². The molecule has 19 heavy (non-hydrogen) atoms. The quantitative estimate of drug-likeness (QED) is 0.894. The predicted octanol–water partition coefficient (Wildman–Crippen LogP) is 3.94. The lowest BCUT2D eigenvalue weighted by molar-refractivity contribution is 0.296. The summed E-state index contributed by atoms with van der Waals surface area (Å²) >= 11 is 6.32. The molecule has 2 N–H and O–H groups in total. The van der Waals surface area contributed by atoms with Gasteiger partial charge in [0.05, 0.1) is 13.2 Å². The molecule has 0 saturated carbocycles. The van der Waals surface area contributed by atoms with Gasteiger partial charge in [-0.1, -0.05) is 32.4 Å². The first-order valence-corrected chi connectivity index (χ1v) is 7.09. The van der Waals surface area contributed by atoms with Gasteiger partial charge in [0.15, 0.2) is 11.5 Å². The van der Waals surface area contributed by atoms with E-state index < -0.39 is 0 Å². The highest BCUT2D eigenvalue weighted by atomic mass is 35.5. The highest BCUT2D eigenvalue weighted by molar-refractivity contribution is 6.31. The third-order valence-corrected chi connectivity index (χ3v) is 3.43. The summed E-state index contributed by atoms with van der Waals surface area (Å²) in [4.78, 5) is 0. The molecule has 2 rings (SSSR count). The Morgan fingerprint density at radius 1 is 1.21 bits per heavy atom. The van der Waals surface area contributed by atoms with Crippen LogP contribution in [0.1, 0.15) is 45.2 Å². The molecule has 0 bridgehead atoms. The molecule has 0 aliphatic carbocycles. The first-order chi connectivity index (χ1) is 8.87. The minimum absolute atomic E-state index is 0.0929. The molecular weight excluding hydrogens is 262 g/mol. The molecule has 4 heteroatoms. The van der Waals surface area contributed by atoms with E-state index in [4.69, 9.17) is 26.8 Å². The van der Waals surface area contributed by atoms with Gasteiger partial charge in [0.2, 0.25) is 0 Å². The Bertz CT molecular complexity index is 454. The van der Waals surface area contributed by atoms with E-state index >= 15 is 0 Å². The van der Waals surface area contributed by atoms with E-state index in [2.05, 4.69) is 20.8 Å². The van der Waals surface area contributed by atoms with Gasteiger partial charge in [-0.05, 0) is 23.5 Å². The Morgan fingerprint density at radius 3 is 2.37 bits per heavy atom. The van der Waals surface area contributed by atoms with Crippen molar-refractivity contribution in [2.75, 3.05) is 13.2 Å². The zero-order valence-corrected chi connectivity index (χ0v) is 12.6. The van der Waals surface area contributed by atoms with Crippen LogP contribution in [-0.4, -0.2) is 13.2 Å². The predicted molar refractivity (Wildman–Crippen MR) is 78.1 cm³/mol. The number of benzene rings is 1. The van der Waals surface area contributed by atoms with Crippen molar-refractivity contribution in [3.63, 3.8) is 0 Å². The molecule has 0 spiro atoms. The lowest BCUT2D eigenvalue weighted by Gasteiger charge is -2.24. The van der Waals surface area contributed by atoms with Crippen LogP contribution >= 0.6 is 11.6 Å². The number of rotatable bonds is 2. The van der Waals surface area contributed by atoms with Gasteiger partial charge in [-0.2, -0.15) is 0 Å². The van der Waals surface area contributed by atoms with Gasteiger partial charge < -0.3 is 15.2 Å². The minimum Gasteiger partial charge on any atom is -0.490 e. The smallest absolute Gasteiger partial charge is 0.162 e. The third-order valence-electron chi connectivity index (χ3n) is 3.10. The maximum atomic E-state index is 6.32. The van der Waals surface area contributed by atoms with Gasteiger partial charge in [0, 0.05) is 23.6 Å². The van der Waals surface area contributed by atoms with Crippen molar-refractivity contribution in [2.45, 2.75) is 39.7 Å². The van der Waals surface area contributed by atoms with Gasteiger partial charge >= 0.3 is 0 Å². The molecule has 106 valence electrons. The second-order valence-corrected chi connectivity index (χ2v) is 6.65. The molecular formula is C15H22ClNO2. The van der Waals surface area contributed by atoms with E-state index in [0.29, 0.717) is 24.0 Å². The van der Waals surface area contributed by atoms with Crippen molar-refractivity contribution >= 4 is 11.6 Å². The Balaban J connectivity index is 2.28. The standard InChI is InChI=1S/C15H22ClNO2/c1-15(2,3)9-12(17)10-7-13-14(8-11(10)16)19-6-4-5-18-13/h7-8,12H,4-6,9,17H2,1-3H3. The van der Waals surface area contributed by atoms with Crippen LogP contribution in [-0.2, 0) is 0 Å². The number of nitrogens with two attached hydrogens (primary N) is 1. The number of fused-ring (bicyclic) bond motifs is 1.